The maximum Gasteiger partial charge on any atom is 0.224 e. The summed E-state index contributed by atoms with van der Waals surface area (Å²) in [5.41, 5.74) is 2.22. The molecule has 0 saturated carbocycles. The summed E-state index contributed by atoms with van der Waals surface area (Å²) in [7, 11) is 0. The van der Waals surface area contributed by atoms with Crippen LogP contribution in [0.1, 0.15) is 12.0 Å². The first kappa shape index (κ1) is 9.26. The topological polar surface area (TPSA) is 29.1 Å². The second kappa shape index (κ2) is 3.72. The average molecular weight is 228 g/mol. The van der Waals surface area contributed by atoms with E-state index in [-0.39, 0.29) is 22.9 Å². The molecule has 0 spiro atoms. The Morgan fingerprint density at radius 2 is 1.92 bits per heavy atom. The number of fused-ring (bicyclic) bond motifs is 1. The van der Waals surface area contributed by atoms with Crippen molar-refractivity contribution in [2.24, 2.45) is 0 Å². The fourth-order valence-electron chi connectivity index (χ4n) is 1.32. The molecule has 1 N–H and O–H groups in total. The molecule has 1 aliphatic heterocycles. The van der Waals surface area contributed by atoms with Crippen LogP contribution in [0.25, 0.3) is 0 Å². The first-order chi connectivity index (χ1) is 5.36. The lowest BCUT2D eigenvalue weighted by atomic mass is 10.0. The number of amides is 1. The molecule has 1 heterocycles. The quantitative estimate of drug-likeness (QED) is 0.724. The predicted octanol–water partition coefficient (Wildman–Crippen LogP) is 2.15. The van der Waals surface area contributed by atoms with E-state index in [0.717, 1.165) is 12.1 Å². The molecule has 1 amide bonds. The molecule has 0 aliphatic carbocycles. The lowest BCUT2D eigenvalue weighted by molar-refractivity contribution is -0.116. The van der Waals surface area contributed by atoms with Crippen LogP contribution in [0.5, 0.6) is 0 Å². The minimum absolute atomic E-state index is 0. The molecular weight excluding hydrogens is 218 g/mol. The van der Waals surface area contributed by atoms with Gasteiger partial charge in [0.15, 0.2) is 0 Å². The van der Waals surface area contributed by atoms with Crippen molar-refractivity contribution in [3.8, 4) is 0 Å². The van der Waals surface area contributed by atoms with E-state index < -0.39 is 0 Å². The number of aryl methyl sites for hydroxylation is 1. The highest BCUT2D eigenvalue weighted by molar-refractivity contribution is 8.93. The van der Waals surface area contributed by atoms with Crippen molar-refractivity contribution in [3.63, 3.8) is 0 Å². The molecule has 0 aromatic heterocycles. The van der Waals surface area contributed by atoms with Crippen LogP contribution in [0.3, 0.4) is 0 Å². The highest BCUT2D eigenvalue weighted by Crippen LogP contribution is 2.20. The van der Waals surface area contributed by atoms with Crippen LogP contribution < -0.4 is 5.32 Å². The smallest absolute Gasteiger partial charge is 0.224 e. The lowest BCUT2D eigenvalue weighted by Crippen LogP contribution is -2.18. The number of hydrogen-bond donors (Lipinski definition) is 1. The van der Waals surface area contributed by atoms with Crippen LogP contribution in [-0.2, 0) is 11.2 Å². The second-order valence-electron chi connectivity index (χ2n) is 2.71. The van der Waals surface area contributed by atoms with E-state index in [1.807, 2.05) is 18.2 Å². The van der Waals surface area contributed by atoms with E-state index in [1.165, 1.54) is 5.56 Å². The van der Waals surface area contributed by atoms with Gasteiger partial charge in [-0.2, -0.15) is 0 Å². The third-order valence-corrected chi connectivity index (χ3v) is 1.91. The minimum atomic E-state index is 0. The molecule has 0 radical (unpaired) electrons. The van der Waals surface area contributed by atoms with E-state index >= 15 is 0 Å². The Morgan fingerprint density at radius 1 is 1.17 bits per heavy atom. The van der Waals surface area contributed by atoms with Crippen LogP contribution >= 0.6 is 17.0 Å². The number of hydrogen-bond acceptors (Lipinski definition) is 1. The maximum atomic E-state index is 10.9. The number of para-hydroxylation sites is 1. The molecule has 3 heteroatoms. The third-order valence-electron chi connectivity index (χ3n) is 1.91. The van der Waals surface area contributed by atoms with Crippen molar-refractivity contribution < 1.29 is 4.79 Å². The van der Waals surface area contributed by atoms with Gasteiger partial charge < -0.3 is 5.32 Å². The van der Waals surface area contributed by atoms with Gasteiger partial charge in [0.2, 0.25) is 5.91 Å². The van der Waals surface area contributed by atoms with E-state index in [4.69, 9.17) is 0 Å². The van der Waals surface area contributed by atoms with Crippen molar-refractivity contribution in [2.45, 2.75) is 12.8 Å². The average Bonchev–Trinajstić information content (AvgIpc) is 2.04. The van der Waals surface area contributed by atoms with E-state index in [2.05, 4.69) is 11.4 Å². The summed E-state index contributed by atoms with van der Waals surface area (Å²) in [6.45, 7) is 0. The standard InChI is InChI=1S/C9H9NO.BrH/c11-9-6-5-7-3-1-2-4-8(7)10-9;/h1-4H,5-6H2,(H,10,11);1H. The van der Waals surface area contributed by atoms with Gasteiger partial charge in [0.05, 0.1) is 0 Å². The number of anilines is 1. The summed E-state index contributed by atoms with van der Waals surface area (Å²) in [5, 5.41) is 2.82. The zero-order valence-corrected chi connectivity index (χ0v) is 8.25. The van der Waals surface area contributed by atoms with Crippen LogP contribution in [0.2, 0.25) is 0 Å². The van der Waals surface area contributed by atoms with Gasteiger partial charge in [-0.05, 0) is 18.1 Å². The Morgan fingerprint density at radius 3 is 2.75 bits per heavy atom. The zero-order valence-electron chi connectivity index (χ0n) is 6.54. The number of carbonyl (C=O) groups is 1. The van der Waals surface area contributed by atoms with Gasteiger partial charge in [0, 0.05) is 12.1 Å². The molecule has 0 bridgehead atoms. The summed E-state index contributed by atoms with van der Waals surface area (Å²) in [5.74, 6) is 0.128. The Balaban J connectivity index is 0.000000720. The Bertz CT molecular complexity index is 298. The first-order valence-corrected chi connectivity index (χ1v) is 3.74. The number of benzene rings is 1. The molecule has 0 unspecified atom stereocenters. The van der Waals surface area contributed by atoms with Gasteiger partial charge in [-0.25, -0.2) is 0 Å². The third kappa shape index (κ3) is 1.67. The van der Waals surface area contributed by atoms with Crippen LogP contribution in [-0.4, -0.2) is 5.91 Å². The summed E-state index contributed by atoms with van der Waals surface area (Å²) in [4.78, 5) is 10.9. The van der Waals surface area contributed by atoms with Gasteiger partial charge in [0.25, 0.3) is 0 Å². The number of carbonyl (C=O) groups excluding carboxylic acids is 1. The lowest BCUT2D eigenvalue weighted by Gasteiger charge is -2.15. The van der Waals surface area contributed by atoms with Crippen LogP contribution in [0.4, 0.5) is 5.69 Å². The summed E-state index contributed by atoms with van der Waals surface area (Å²) >= 11 is 0. The van der Waals surface area contributed by atoms with Gasteiger partial charge in [-0.3, -0.25) is 4.79 Å². The number of halogens is 1. The Labute approximate surface area is 81.7 Å². The SMILES string of the molecule is Br.O=C1CCc2ccccc2N1. The van der Waals surface area contributed by atoms with Crippen LogP contribution in [0.15, 0.2) is 24.3 Å². The summed E-state index contributed by atoms with van der Waals surface area (Å²) in [6.07, 6.45) is 1.50. The van der Waals surface area contributed by atoms with E-state index in [0.29, 0.717) is 6.42 Å². The molecule has 12 heavy (non-hydrogen) atoms. The monoisotopic (exact) mass is 227 g/mol. The Hall–Kier alpha value is -0.830. The van der Waals surface area contributed by atoms with Crippen molar-refractivity contribution in [1.29, 1.82) is 0 Å². The van der Waals surface area contributed by atoms with Crippen molar-refractivity contribution >= 4 is 28.6 Å². The predicted molar refractivity (Wildman–Crippen MR) is 53.7 cm³/mol. The molecule has 0 atom stereocenters. The van der Waals surface area contributed by atoms with Gasteiger partial charge in [-0.15, -0.1) is 17.0 Å². The zero-order chi connectivity index (χ0) is 7.68. The largest absolute Gasteiger partial charge is 0.326 e. The minimum Gasteiger partial charge on any atom is -0.326 e. The molecule has 0 fully saturated rings. The van der Waals surface area contributed by atoms with Gasteiger partial charge >= 0.3 is 0 Å². The van der Waals surface area contributed by atoms with E-state index in [1.54, 1.807) is 0 Å². The first-order valence-electron chi connectivity index (χ1n) is 3.74. The van der Waals surface area contributed by atoms with E-state index in [9.17, 15) is 4.79 Å². The highest BCUT2D eigenvalue weighted by Gasteiger charge is 2.12. The second-order valence-corrected chi connectivity index (χ2v) is 2.71. The van der Waals surface area contributed by atoms with Crippen molar-refractivity contribution in [1.82, 2.24) is 0 Å². The fourth-order valence-corrected chi connectivity index (χ4v) is 1.32. The molecule has 1 aliphatic rings. The van der Waals surface area contributed by atoms with Gasteiger partial charge in [-0.1, -0.05) is 18.2 Å². The number of rotatable bonds is 0. The fraction of sp³-hybridized carbons (Fsp3) is 0.222. The maximum absolute atomic E-state index is 10.9. The molecule has 0 saturated heterocycles. The Kier molecular flexibility index (Phi) is 2.87. The molecular formula is C9H10BrNO. The summed E-state index contributed by atoms with van der Waals surface area (Å²) < 4.78 is 0. The van der Waals surface area contributed by atoms with Crippen molar-refractivity contribution in [2.75, 3.05) is 5.32 Å². The van der Waals surface area contributed by atoms with Crippen LogP contribution in [0, 0.1) is 0 Å². The van der Waals surface area contributed by atoms with Crippen molar-refractivity contribution in [3.05, 3.63) is 29.8 Å². The normalized spacial score (nSPS) is 14.2. The number of nitrogens with one attached hydrogen (secondary N) is 1. The van der Waals surface area contributed by atoms with Gasteiger partial charge in [0.1, 0.15) is 0 Å². The molecule has 64 valence electrons. The molecule has 2 nitrogen and oxygen atoms in total. The molecule has 1 aromatic carbocycles. The summed E-state index contributed by atoms with van der Waals surface area (Å²) in [6, 6.07) is 7.92. The molecule has 1 aromatic rings. The highest BCUT2D eigenvalue weighted by atomic mass is 79.9. The molecule has 2 rings (SSSR count).